The van der Waals surface area contributed by atoms with E-state index in [-0.39, 0.29) is 36.2 Å². The van der Waals surface area contributed by atoms with E-state index in [1.165, 1.54) is 30.2 Å². The second kappa shape index (κ2) is 9.62. The van der Waals surface area contributed by atoms with Gasteiger partial charge in [-0.2, -0.15) is 0 Å². The first kappa shape index (κ1) is 22.8. The van der Waals surface area contributed by atoms with Crippen molar-refractivity contribution in [3.8, 4) is 17.2 Å². The van der Waals surface area contributed by atoms with Gasteiger partial charge < -0.3 is 19.7 Å². The van der Waals surface area contributed by atoms with Crippen LogP contribution < -0.4 is 19.7 Å². The van der Waals surface area contributed by atoms with Crippen molar-refractivity contribution in [3.63, 3.8) is 0 Å². The first-order valence-corrected chi connectivity index (χ1v) is 10.6. The van der Waals surface area contributed by atoms with Crippen molar-refractivity contribution < 1.29 is 24.0 Å². The van der Waals surface area contributed by atoms with Crippen LogP contribution in [0.1, 0.15) is 12.0 Å². The maximum atomic E-state index is 12.8. The van der Waals surface area contributed by atoms with Crippen molar-refractivity contribution in [2.45, 2.75) is 13.3 Å². The zero-order valence-corrected chi connectivity index (χ0v) is 18.7. The van der Waals surface area contributed by atoms with E-state index < -0.39 is 10.8 Å². The molecule has 0 saturated carbocycles. The Hall–Kier alpha value is -4.40. The molecule has 0 radical (unpaired) electrons. The molecule has 3 aromatic carbocycles. The summed E-state index contributed by atoms with van der Waals surface area (Å²) in [6.45, 7) is 2.13. The lowest BCUT2D eigenvalue weighted by Gasteiger charge is -2.19. The van der Waals surface area contributed by atoms with E-state index in [4.69, 9.17) is 9.47 Å². The molecule has 174 valence electrons. The van der Waals surface area contributed by atoms with Gasteiger partial charge in [-0.3, -0.25) is 19.7 Å². The van der Waals surface area contributed by atoms with Crippen LogP contribution in [0.25, 0.3) is 0 Å². The molecular formula is C25H23N3O6. The molecule has 1 saturated heterocycles. The molecule has 0 unspecified atom stereocenters. The largest absolute Gasteiger partial charge is 0.494 e. The number of ether oxygens (including phenoxy) is 2. The Morgan fingerprint density at radius 2 is 1.85 bits per heavy atom. The molecule has 1 heterocycles. The van der Waals surface area contributed by atoms with E-state index >= 15 is 0 Å². The van der Waals surface area contributed by atoms with E-state index in [1.807, 2.05) is 31.2 Å². The highest BCUT2D eigenvalue weighted by atomic mass is 16.6. The highest BCUT2D eigenvalue weighted by Crippen LogP contribution is 2.36. The fourth-order valence-corrected chi connectivity index (χ4v) is 3.78. The molecule has 9 nitrogen and oxygen atoms in total. The number of nitro benzene ring substituents is 1. The minimum atomic E-state index is -0.574. The number of carbonyl (C=O) groups is 2. The number of anilines is 2. The third kappa shape index (κ3) is 4.98. The highest BCUT2D eigenvalue weighted by molar-refractivity contribution is 6.04. The van der Waals surface area contributed by atoms with Gasteiger partial charge in [-0.05, 0) is 55.0 Å². The van der Waals surface area contributed by atoms with Crippen molar-refractivity contribution in [3.05, 3.63) is 82.4 Å². The van der Waals surface area contributed by atoms with Crippen LogP contribution in [0, 0.1) is 23.0 Å². The molecule has 0 aromatic heterocycles. The smallest absolute Gasteiger partial charge is 0.273 e. The minimum absolute atomic E-state index is 0.0283. The average Bonchev–Trinajstić information content (AvgIpc) is 3.21. The van der Waals surface area contributed by atoms with Gasteiger partial charge in [0.15, 0.2) is 0 Å². The average molecular weight is 461 g/mol. The van der Waals surface area contributed by atoms with Crippen LogP contribution in [0.3, 0.4) is 0 Å². The highest BCUT2D eigenvalue weighted by Gasteiger charge is 2.36. The predicted octanol–water partition coefficient (Wildman–Crippen LogP) is 4.70. The number of methoxy groups -OCH3 is 1. The summed E-state index contributed by atoms with van der Waals surface area (Å²) in [7, 11) is 1.37. The van der Waals surface area contributed by atoms with Gasteiger partial charge in [0, 0.05) is 24.7 Å². The lowest BCUT2D eigenvalue weighted by Crippen LogP contribution is -2.28. The number of hydrogen-bond donors (Lipinski definition) is 1. The molecule has 34 heavy (non-hydrogen) atoms. The molecule has 0 spiro atoms. The Bertz CT molecular complexity index is 1240. The van der Waals surface area contributed by atoms with Gasteiger partial charge in [0.25, 0.3) is 5.69 Å². The van der Waals surface area contributed by atoms with Crippen LogP contribution in [0.2, 0.25) is 0 Å². The number of carbonyl (C=O) groups excluding carboxylic acids is 2. The Morgan fingerprint density at radius 3 is 2.53 bits per heavy atom. The molecular weight excluding hydrogens is 438 g/mol. The van der Waals surface area contributed by atoms with Crippen LogP contribution in [0.5, 0.6) is 17.2 Å². The summed E-state index contributed by atoms with van der Waals surface area (Å²) in [5, 5.41) is 13.9. The summed E-state index contributed by atoms with van der Waals surface area (Å²) >= 11 is 0. The normalized spacial score (nSPS) is 15.2. The quantitative estimate of drug-likeness (QED) is 0.403. The zero-order chi connectivity index (χ0) is 24.2. The van der Waals surface area contributed by atoms with Crippen molar-refractivity contribution in [2.24, 2.45) is 5.92 Å². The molecule has 0 aliphatic carbocycles. The van der Waals surface area contributed by atoms with E-state index in [0.717, 1.165) is 11.3 Å². The molecule has 1 fully saturated rings. The number of hydrogen-bond acceptors (Lipinski definition) is 6. The van der Waals surface area contributed by atoms with Gasteiger partial charge in [0.05, 0.1) is 29.7 Å². The lowest BCUT2D eigenvalue weighted by atomic mass is 10.1. The second-order valence-corrected chi connectivity index (χ2v) is 7.95. The Balaban J connectivity index is 1.41. The maximum Gasteiger partial charge on any atom is 0.273 e. The third-order valence-electron chi connectivity index (χ3n) is 5.51. The zero-order valence-electron chi connectivity index (χ0n) is 18.7. The Labute approximate surface area is 196 Å². The van der Waals surface area contributed by atoms with Gasteiger partial charge in [-0.15, -0.1) is 0 Å². The predicted molar refractivity (Wildman–Crippen MR) is 126 cm³/mol. The Kier molecular flexibility index (Phi) is 6.44. The molecule has 1 aliphatic heterocycles. The topological polar surface area (TPSA) is 111 Å². The number of benzene rings is 3. The Morgan fingerprint density at radius 1 is 1.09 bits per heavy atom. The van der Waals surface area contributed by atoms with Gasteiger partial charge in [0.1, 0.15) is 17.2 Å². The van der Waals surface area contributed by atoms with Gasteiger partial charge in [-0.25, -0.2) is 0 Å². The molecule has 1 atom stereocenters. The van der Waals surface area contributed by atoms with E-state index in [9.17, 15) is 19.7 Å². The fourth-order valence-electron chi connectivity index (χ4n) is 3.78. The first-order chi connectivity index (χ1) is 16.3. The number of nitrogens with zero attached hydrogens (tertiary/aromatic N) is 2. The number of non-ortho nitro benzene ring substituents is 1. The number of aryl methyl sites for hydroxylation is 1. The van der Waals surface area contributed by atoms with Gasteiger partial charge in [-0.1, -0.05) is 12.1 Å². The summed E-state index contributed by atoms with van der Waals surface area (Å²) < 4.78 is 11.1. The third-order valence-corrected chi connectivity index (χ3v) is 5.51. The maximum absolute atomic E-state index is 12.8. The summed E-state index contributed by atoms with van der Waals surface area (Å²) in [4.78, 5) is 37.3. The molecule has 0 bridgehead atoms. The number of amides is 2. The molecule has 2 amide bonds. The minimum Gasteiger partial charge on any atom is -0.494 e. The van der Waals surface area contributed by atoms with Crippen LogP contribution in [0.15, 0.2) is 66.7 Å². The summed E-state index contributed by atoms with van der Waals surface area (Å²) in [5.74, 6) is 0.445. The van der Waals surface area contributed by atoms with E-state index in [1.54, 1.807) is 24.3 Å². The summed E-state index contributed by atoms with van der Waals surface area (Å²) in [5.41, 5.74) is 1.93. The van der Waals surface area contributed by atoms with Crippen molar-refractivity contribution in [2.75, 3.05) is 23.9 Å². The first-order valence-electron chi connectivity index (χ1n) is 10.6. The SMILES string of the molecule is COc1cc([N+](=O)[O-])ccc1N1C[C@H](C(=O)Nc2ccc(Oc3cccc(C)c3)cc2)CC1=O. The molecule has 3 aromatic rings. The fraction of sp³-hybridized carbons (Fsp3) is 0.200. The summed E-state index contributed by atoms with van der Waals surface area (Å²) in [6, 6.07) is 18.7. The van der Waals surface area contributed by atoms with Crippen LogP contribution in [-0.2, 0) is 9.59 Å². The lowest BCUT2D eigenvalue weighted by molar-refractivity contribution is -0.384. The van der Waals surface area contributed by atoms with Crippen molar-refractivity contribution >= 4 is 28.9 Å². The van der Waals surface area contributed by atoms with E-state index in [2.05, 4.69) is 5.32 Å². The van der Waals surface area contributed by atoms with Crippen molar-refractivity contribution in [1.29, 1.82) is 0 Å². The van der Waals surface area contributed by atoms with Gasteiger partial charge in [0.2, 0.25) is 11.8 Å². The number of rotatable bonds is 7. The number of nitro groups is 1. The molecule has 1 N–H and O–H groups in total. The second-order valence-electron chi connectivity index (χ2n) is 7.95. The van der Waals surface area contributed by atoms with E-state index in [0.29, 0.717) is 17.1 Å². The molecule has 4 rings (SSSR count). The van der Waals surface area contributed by atoms with Gasteiger partial charge >= 0.3 is 0 Å². The van der Waals surface area contributed by atoms with Crippen LogP contribution in [0.4, 0.5) is 17.1 Å². The van der Waals surface area contributed by atoms with Crippen LogP contribution in [-0.4, -0.2) is 30.4 Å². The summed E-state index contributed by atoms with van der Waals surface area (Å²) in [6.07, 6.45) is 0.0283. The van der Waals surface area contributed by atoms with Crippen molar-refractivity contribution in [1.82, 2.24) is 0 Å². The standard InChI is InChI=1S/C25H23N3O6/c1-16-4-3-5-21(12-16)34-20-9-6-18(7-10-20)26-25(30)17-13-24(29)27(15-17)22-11-8-19(28(31)32)14-23(22)33-2/h3-12,14,17H,13,15H2,1-2H3,(H,26,30)/t17-/m1/s1. The van der Waals surface area contributed by atoms with Crippen LogP contribution >= 0.6 is 0 Å². The molecule has 9 heteroatoms. The number of nitrogens with one attached hydrogen (secondary N) is 1. The monoisotopic (exact) mass is 461 g/mol. The molecule has 1 aliphatic rings.